The Morgan fingerprint density at radius 3 is 2.94 bits per heavy atom. The fraction of sp³-hybridized carbons (Fsp3) is 0.636. The Hall–Kier alpha value is -1.44. The van der Waals surface area contributed by atoms with E-state index < -0.39 is 5.97 Å². The van der Waals surface area contributed by atoms with E-state index in [1.165, 1.54) is 6.07 Å². The third kappa shape index (κ3) is 3.80. The molecule has 0 spiro atoms. The normalized spacial score (nSPS) is 16.9. The van der Waals surface area contributed by atoms with Crippen LogP contribution in [0.4, 0.5) is 0 Å². The lowest BCUT2D eigenvalue weighted by Crippen LogP contribution is -2.40. The zero-order valence-electron chi connectivity index (χ0n) is 10.1. The van der Waals surface area contributed by atoms with Crippen LogP contribution in [0.2, 0.25) is 0 Å². The van der Waals surface area contributed by atoms with Crippen molar-refractivity contribution in [3.05, 3.63) is 17.5 Å². The lowest BCUT2D eigenvalue weighted by molar-refractivity contribution is 0.0383. The molecule has 0 unspecified atom stereocenters. The number of hydrogen-bond acceptors (Lipinski definition) is 6. The molecule has 0 amide bonds. The van der Waals surface area contributed by atoms with Crippen LogP contribution >= 0.6 is 0 Å². The molecule has 0 aromatic carbocycles. The van der Waals surface area contributed by atoms with Crippen molar-refractivity contribution in [2.24, 2.45) is 0 Å². The van der Waals surface area contributed by atoms with Crippen molar-refractivity contribution in [3.63, 3.8) is 0 Å². The minimum Gasteiger partial charge on any atom is -0.476 e. The summed E-state index contributed by atoms with van der Waals surface area (Å²) in [4.78, 5) is 12.9. The predicted molar refractivity (Wildman–Crippen MR) is 62.4 cm³/mol. The lowest BCUT2D eigenvalue weighted by atomic mass is 10.3. The van der Waals surface area contributed by atoms with Gasteiger partial charge in [-0.25, -0.2) is 4.79 Å². The highest BCUT2D eigenvalue weighted by atomic mass is 16.5. The van der Waals surface area contributed by atoms with Crippen LogP contribution in [0.15, 0.2) is 10.6 Å². The molecule has 1 aliphatic heterocycles. The third-order valence-corrected chi connectivity index (χ3v) is 2.79. The van der Waals surface area contributed by atoms with Gasteiger partial charge in [0.1, 0.15) is 0 Å². The molecule has 7 heteroatoms. The summed E-state index contributed by atoms with van der Waals surface area (Å²) < 4.78 is 10.2. The number of nitrogens with one attached hydrogen (secondary N) is 1. The van der Waals surface area contributed by atoms with E-state index in [-0.39, 0.29) is 5.69 Å². The van der Waals surface area contributed by atoms with Gasteiger partial charge in [-0.05, 0) is 0 Å². The molecule has 100 valence electrons. The first-order valence-corrected chi connectivity index (χ1v) is 5.95. The van der Waals surface area contributed by atoms with E-state index in [0.29, 0.717) is 12.3 Å². The van der Waals surface area contributed by atoms with Crippen molar-refractivity contribution < 1.29 is 19.2 Å². The molecule has 1 fully saturated rings. The SMILES string of the molecule is O=C(O)c1cc(CNCCN2CCOCC2)on1. The molecule has 0 bridgehead atoms. The van der Waals surface area contributed by atoms with Gasteiger partial charge < -0.3 is 19.7 Å². The van der Waals surface area contributed by atoms with Gasteiger partial charge in [0.05, 0.1) is 19.8 Å². The third-order valence-electron chi connectivity index (χ3n) is 2.79. The number of aromatic carboxylic acids is 1. The number of carbonyl (C=O) groups is 1. The van der Waals surface area contributed by atoms with E-state index >= 15 is 0 Å². The zero-order valence-corrected chi connectivity index (χ0v) is 10.1. The summed E-state index contributed by atoms with van der Waals surface area (Å²) in [5, 5.41) is 15.3. The molecule has 7 nitrogen and oxygen atoms in total. The van der Waals surface area contributed by atoms with E-state index in [0.717, 1.165) is 39.4 Å². The Morgan fingerprint density at radius 2 is 2.28 bits per heavy atom. The lowest BCUT2D eigenvalue weighted by Gasteiger charge is -2.26. The largest absolute Gasteiger partial charge is 0.476 e. The van der Waals surface area contributed by atoms with E-state index in [1.807, 2.05) is 0 Å². The number of nitrogens with zero attached hydrogens (tertiary/aromatic N) is 2. The van der Waals surface area contributed by atoms with Gasteiger partial charge in [0.2, 0.25) is 0 Å². The van der Waals surface area contributed by atoms with Crippen LogP contribution in [-0.2, 0) is 11.3 Å². The summed E-state index contributed by atoms with van der Waals surface area (Å²) in [7, 11) is 0. The van der Waals surface area contributed by atoms with Crippen molar-refractivity contribution in [2.45, 2.75) is 6.54 Å². The first-order chi connectivity index (χ1) is 8.75. The number of carboxylic acid groups (broad SMARTS) is 1. The summed E-state index contributed by atoms with van der Waals surface area (Å²) in [5.74, 6) is -0.535. The molecule has 1 saturated heterocycles. The quantitative estimate of drug-likeness (QED) is 0.680. The van der Waals surface area contributed by atoms with Gasteiger partial charge in [-0.15, -0.1) is 0 Å². The van der Waals surface area contributed by atoms with Gasteiger partial charge in [-0.3, -0.25) is 4.90 Å². The van der Waals surface area contributed by atoms with E-state index in [1.54, 1.807) is 0 Å². The minimum atomic E-state index is -1.07. The molecule has 0 saturated carbocycles. The van der Waals surface area contributed by atoms with Crippen LogP contribution in [-0.4, -0.2) is 60.5 Å². The maximum atomic E-state index is 10.6. The summed E-state index contributed by atoms with van der Waals surface area (Å²) >= 11 is 0. The van der Waals surface area contributed by atoms with Gasteiger partial charge in [0, 0.05) is 32.2 Å². The minimum absolute atomic E-state index is 0.0556. The predicted octanol–water partition coefficient (Wildman–Crippen LogP) is -0.205. The summed E-state index contributed by atoms with van der Waals surface area (Å²) in [6, 6.07) is 1.43. The zero-order chi connectivity index (χ0) is 12.8. The monoisotopic (exact) mass is 255 g/mol. The summed E-state index contributed by atoms with van der Waals surface area (Å²) in [6.45, 7) is 5.78. The number of rotatable bonds is 6. The molecule has 2 rings (SSSR count). The molecular formula is C11H17N3O4. The van der Waals surface area contributed by atoms with Crippen molar-refractivity contribution in [1.29, 1.82) is 0 Å². The second-order valence-electron chi connectivity index (χ2n) is 4.11. The van der Waals surface area contributed by atoms with E-state index in [4.69, 9.17) is 14.4 Å². The molecule has 1 aromatic heterocycles. The molecule has 2 heterocycles. The van der Waals surface area contributed by atoms with Crippen LogP contribution in [0.25, 0.3) is 0 Å². The van der Waals surface area contributed by atoms with Crippen LogP contribution in [0.3, 0.4) is 0 Å². The molecule has 0 atom stereocenters. The number of hydrogen-bond donors (Lipinski definition) is 2. The van der Waals surface area contributed by atoms with Gasteiger partial charge in [0.15, 0.2) is 11.5 Å². The first kappa shape index (κ1) is 13.0. The Morgan fingerprint density at radius 1 is 1.50 bits per heavy atom. The van der Waals surface area contributed by atoms with Crippen molar-refractivity contribution in [1.82, 2.24) is 15.4 Å². The molecule has 0 aliphatic carbocycles. The molecule has 0 radical (unpaired) electrons. The molecule has 18 heavy (non-hydrogen) atoms. The van der Waals surface area contributed by atoms with Gasteiger partial charge in [-0.2, -0.15) is 0 Å². The topological polar surface area (TPSA) is 87.8 Å². The Bertz CT molecular complexity index is 387. The number of carboxylic acids is 1. The van der Waals surface area contributed by atoms with Crippen LogP contribution < -0.4 is 5.32 Å². The van der Waals surface area contributed by atoms with Crippen molar-refractivity contribution >= 4 is 5.97 Å². The fourth-order valence-electron chi connectivity index (χ4n) is 1.77. The smallest absolute Gasteiger partial charge is 0.358 e. The van der Waals surface area contributed by atoms with Crippen molar-refractivity contribution in [2.75, 3.05) is 39.4 Å². The first-order valence-electron chi connectivity index (χ1n) is 5.95. The summed E-state index contributed by atoms with van der Waals surface area (Å²) in [6.07, 6.45) is 0. The molecular weight excluding hydrogens is 238 g/mol. The maximum absolute atomic E-state index is 10.6. The highest BCUT2D eigenvalue weighted by Gasteiger charge is 2.11. The van der Waals surface area contributed by atoms with Crippen LogP contribution in [0.1, 0.15) is 16.2 Å². The van der Waals surface area contributed by atoms with Gasteiger partial charge >= 0.3 is 5.97 Å². The number of ether oxygens (including phenoxy) is 1. The Labute approximate surface area is 105 Å². The van der Waals surface area contributed by atoms with Gasteiger partial charge in [0.25, 0.3) is 0 Å². The Kier molecular flexibility index (Phi) is 4.68. The van der Waals surface area contributed by atoms with E-state index in [9.17, 15) is 4.79 Å². The fourth-order valence-corrected chi connectivity index (χ4v) is 1.77. The summed E-state index contributed by atoms with van der Waals surface area (Å²) in [5.41, 5.74) is -0.0556. The molecule has 2 N–H and O–H groups in total. The van der Waals surface area contributed by atoms with E-state index in [2.05, 4.69) is 15.4 Å². The molecule has 1 aromatic rings. The van der Waals surface area contributed by atoms with Gasteiger partial charge in [-0.1, -0.05) is 5.16 Å². The maximum Gasteiger partial charge on any atom is 0.358 e. The van der Waals surface area contributed by atoms with Crippen LogP contribution in [0.5, 0.6) is 0 Å². The average Bonchev–Trinajstić information content (AvgIpc) is 2.85. The van der Waals surface area contributed by atoms with Crippen LogP contribution in [0, 0.1) is 0 Å². The Balaban J connectivity index is 1.63. The highest BCUT2D eigenvalue weighted by Crippen LogP contribution is 2.03. The standard InChI is InChI=1S/C11H17N3O4/c15-11(16)10-7-9(18-13-10)8-12-1-2-14-3-5-17-6-4-14/h7,12H,1-6,8H2,(H,15,16). The number of morpholine rings is 1. The average molecular weight is 255 g/mol. The van der Waals surface area contributed by atoms with Crippen molar-refractivity contribution in [3.8, 4) is 0 Å². The second-order valence-corrected chi connectivity index (χ2v) is 4.11. The number of aromatic nitrogens is 1. The second kappa shape index (κ2) is 6.48. The molecule has 1 aliphatic rings. The highest BCUT2D eigenvalue weighted by molar-refractivity contribution is 5.85.